The lowest BCUT2D eigenvalue weighted by atomic mass is 9.88. The molecule has 8 heteroatoms. The molecule has 0 bridgehead atoms. The third-order valence-electron chi connectivity index (χ3n) is 8.17. The predicted molar refractivity (Wildman–Crippen MR) is 160 cm³/mol. The zero-order chi connectivity index (χ0) is 28.5. The largest absolute Gasteiger partial charge is 0.486 e. The number of anilines is 1. The molecule has 4 rings (SSSR count). The van der Waals surface area contributed by atoms with Crippen LogP contribution in [0, 0.1) is 16.0 Å². The van der Waals surface area contributed by atoms with Gasteiger partial charge in [-0.2, -0.15) is 0 Å². The summed E-state index contributed by atoms with van der Waals surface area (Å²) < 4.78 is 5.72. The van der Waals surface area contributed by atoms with Gasteiger partial charge in [0.15, 0.2) is 5.75 Å². The smallest absolute Gasteiger partial charge is 0.311 e. The molecule has 0 atom stereocenters. The Kier molecular flexibility index (Phi) is 10.8. The number of aryl methyl sites for hydroxylation is 1. The number of nitro benzene ring substituents is 1. The Bertz CT molecular complexity index is 1100. The van der Waals surface area contributed by atoms with E-state index in [1.54, 1.807) is 12.1 Å². The van der Waals surface area contributed by atoms with E-state index in [0.29, 0.717) is 24.7 Å². The van der Waals surface area contributed by atoms with Crippen LogP contribution in [-0.4, -0.2) is 66.0 Å². The molecule has 2 aliphatic rings. The minimum Gasteiger partial charge on any atom is -0.486 e. The van der Waals surface area contributed by atoms with Gasteiger partial charge < -0.3 is 19.9 Å². The van der Waals surface area contributed by atoms with Crippen molar-refractivity contribution in [2.75, 3.05) is 44.6 Å². The van der Waals surface area contributed by atoms with Crippen LogP contribution in [0.25, 0.3) is 0 Å². The number of hydrogen-bond donors (Lipinski definition) is 1. The normalized spacial score (nSPS) is 17.2. The molecule has 0 aliphatic carbocycles. The van der Waals surface area contributed by atoms with E-state index in [4.69, 9.17) is 4.74 Å². The van der Waals surface area contributed by atoms with E-state index in [0.717, 1.165) is 70.5 Å². The molecule has 2 saturated heterocycles. The van der Waals surface area contributed by atoms with Crippen molar-refractivity contribution in [2.45, 2.75) is 77.7 Å². The molecule has 1 amide bonds. The highest BCUT2D eigenvalue weighted by Gasteiger charge is 2.25. The molecule has 2 aromatic rings. The molecule has 218 valence electrons. The van der Waals surface area contributed by atoms with Gasteiger partial charge in [-0.25, -0.2) is 0 Å². The molecule has 0 aromatic heterocycles. The minimum absolute atomic E-state index is 0.0168. The summed E-state index contributed by atoms with van der Waals surface area (Å²) >= 11 is 0. The Labute approximate surface area is 239 Å². The number of benzene rings is 2. The average Bonchev–Trinajstić information content (AvgIpc) is 2.96. The number of likely N-dealkylation sites (tertiary alicyclic amines) is 2. The number of amides is 1. The molecule has 0 radical (unpaired) electrons. The lowest BCUT2D eigenvalue weighted by molar-refractivity contribution is -0.385. The van der Waals surface area contributed by atoms with Crippen molar-refractivity contribution in [2.24, 2.45) is 5.92 Å². The van der Waals surface area contributed by atoms with Gasteiger partial charge in [-0.1, -0.05) is 51.5 Å². The maximum atomic E-state index is 12.9. The van der Waals surface area contributed by atoms with E-state index in [1.165, 1.54) is 23.6 Å². The number of nitrogens with zero attached hydrogens (tertiary/aromatic N) is 3. The molecule has 2 aromatic carbocycles. The highest BCUT2D eigenvalue weighted by atomic mass is 16.6. The van der Waals surface area contributed by atoms with Gasteiger partial charge in [0.2, 0.25) is 5.91 Å². The molecule has 2 heterocycles. The second-order valence-corrected chi connectivity index (χ2v) is 11.8. The van der Waals surface area contributed by atoms with E-state index >= 15 is 0 Å². The van der Waals surface area contributed by atoms with Gasteiger partial charge in [0.25, 0.3) is 0 Å². The summed E-state index contributed by atoms with van der Waals surface area (Å²) in [6.07, 6.45) is 6.93. The summed E-state index contributed by atoms with van der Waals surface area (Å²) in [5.41, 5.74) is 3.68. The van der Waals surface area contributed by atoms with Crippen LogP contribution in [0.15, 0.2) is 42.5 Å². The second-order valence-electron chi connectivity index (χ2n) is 11.8. The number of carbonyl (C=O) groups excluding carboxylic acids is 1. The number of carbonyl (C=O) groups is 1. The average molecular weight is 551 g/mol. The topological polar surface area (TPSA) is 88.0 Å². The molecule has 1 N–H and O–H groups in total. The van der Waals surface area contributed by atoms with Gasteiger partial charge in [0.05, 0.1) is 11.5 Å². The van der Waals surface area contributed by atoms with Gasteiger partial charge in [-0.15, -0.1) is 0 Å². The number of ether oxygens (including phenoxy) is 1. The molecule has 2 aliphatic heterocycles. The van der Waals surface area contributed by atoms with E-state index in [-0.39, 0.29) is 23.6 Å². The van der Waals surface area contributed by atoms with E-state index < -0.39 is 4.92 Å². The fourth-order valence-corrected chi connectivity index (χ4v) is 5.78. The van der Waals surface area contributed by atoms with Crippen molar-refractivity contribution in [3.05, 3.63) is 63.7 Å². The van der Waals surface area contributed by atoms with E-state index in [2.05, 4.69) is 41.4 Å². The van der Waals surface area contributed by atoms with Gasteiger partial charge in [0, 0.05) is 49.9 Å². The first-order valence-corrected chi connectivity index (χ1v) is 15.1. The van der Waals surface area contributed by atoms with Crippen molar-refractivity contribution in [3.63, 3.8) is 0 Å². The number of hydrogen-bond acceptors (Lipinski definition) is 6. The fourth-order valence-electron chi connectivity index (χ4n) is 5.78. The Morgan fingerprint density at radius 2 is 1.75 bits per heavy atom. The Balaban J connectivity index is 1.18. The fraction of sp³-hybridized carbons (Fsp3) is 0.594. The summed E-state index contributed by atoms with van der Waals surface area (Å²) in [6.45, 7) is 11.1. The summed E-state index contributed by atoms with van der Waals surface area (Å²) in [5.74, 6) is 1.44. The zero-order valence-electron chi connectivity index (χ0n) is 24.4. The predicted octanol–water partition coefficient (Wildman–Crippen LogP) is 6.25. The Morgan fingerprint density at radius 3 is 2.38 bits per heavy atom. The standard InChI is InChI=1S/C32H46N4O4/c1-4-5-25-6-8-26(9-7-25)27-12-17-34(18-13-27)19-16-32(37)35-20-14-28(15-21-35)33-29-10-11-30(36(38)39)31(22-29)40-23-24(2)3/h6-11,22,24,27-28,33H,4-5,12-21,23H2,1-3H3. The Morgan fingerprint density at radius 1 is 1.05 bits per heavy atom. The quantitative estimate of drug-likeness (QED) is 0.248. The lowest BCUT2D eigenvalue weighted by Crippen LogP contribution is -2.43. The SMILES string of the molecule is CCCc1ccc(C2CCN(CCC(=O)N3CCC(Nc4ccc([N+](=O)[O-])c(OCC(C)C)c4)CC3)CC2)cc1. The van der Waals surface area contributed by atoms with Crippen LogP contribution in [0.2, 0.25) is 0 Å². The van der Waals surface area contributed by atoms with Crippen LogP contribution in [-0.2, 0) is 11.2 Å². The van der Waals surface area contributed by atoms with Crippen LogP contribution >= 0.6 is 0 Å². The first-order valence-electron chi connectivity index (χ1n) is 15.1. The first-order chi connectivity index (χ1) is 19.3. The molecular weight excluding hydrogens is 504 g/mol. The molecule has 8 nitrogen and oxygen atoms in total. The number of nitrogens with one attached hydrogen (secondary N) is 1. The molecule has 0 spiro atoms. The van der Waals surface area contributed by atoms with Gasteiger partial charge in [-0.05, 0) is 74.2 Å². The monoisotopic (exact) mass is 550 g/mol. The maximum Gasteiger partial charge on any atom is 0.311 e. The first kappa shape index (κ1) is 29.8. The molecule has 0 unspecified atom stereocenters. The van der Waals surface area contributed by atoms with Crippen LogP contribution < -0.4 is 10.1 Å². The van der Waals surface area contributed by atoms with E-state index in [9.17, 15) is 14.9 Å². The van der Waals surface area contributed by atoms with Crippen molar-refractivity contribution >= 4 is 17.3 Å². The number of rotatable bonds is 12. The van der Waals surface area contributed by atoms with Crippen molar-refractivity contribution in [1.29, 1.82) is 0 Å². The Hall–Kier alpha value is -3.13. The minimum atomic E-state index is -0.405. The third kappa shape index (κ3) is 8.43. The third-order valence-corrected chi connectivity index (χ3v) is 8.17. The van der Waals surface area contributed by atoms with Gasteiger partial charge in [-0.3, -0.25) is 14.9 Å². The number of piperidine rings is 2. The van der Waals surface area contributed by atoms with Crippen molar-refractivity contribution < 1.29 is 14.5 Å². The van der Waals surface area contributed by atoms with Crippen molar-refractivity contribution in [3.8, 4) is 5.75 Å². The highest BCUT2D eigenvalue weighted by molar-refractivity contribution is 5.76. The molecule has 2 fully saturated rings. The molecule has 0 saturated carbocycles. The van der Waals surface area contributed by atoms with Crippen LogP contribution in [0.1, 0.15) is 76.3 Å². The summed E-state index contributed by atoms with van der Waals surface area (Å²) in [7, 11) is 0. The van der Waals surface area contributed by atoms with Gasteiger partial charge >= 0.3 is 5.69 Å². The van der Waals surface area contributed by atoms with Crippen LogP contribution in [0.5, 0.6) is 5.75 Å². The van der Waals surface area contributed by atoms with E-state index in [1.807, 2.05) is 18.7 Å². The molecular formula is C32H46N4O4. The number of nitro groups is 1. The summed E-state index contributed by atoms with van der Waals surface area (Å²) in [6, 6.07) is 14.4. The van der Waals surface area contributed by atoms with Crippen molar-refractivity contribution in [1.82, 2.24) is 9.80 Å². The van der Waals surface area contributed by atoms with Gasteiger partial charge in [0.1, 0.15) is 0 Å². The highest BCUT2D eigenvalue weighted by Crippen LogP contribution is 2.32. The van der Waals surface area contributed by atoms with Crippen LogP contribution in [0.4, 0.5) is 11.4 Å². The molecule has 40 heavy (non-hydrogen) atoms. The maximum absolute atomic E-state index is 12.9. The summed E-state index contributed by atoms with van der Waals surface area (Å²) in [5, 5.41) is 14.9. The lowest BCUT2D eigenvalue weighted by Gasteiger charge is -2.35. The van der Waals surface area contributed by atoms with Crippen LogP contribution in [0.3, 0.4) is 0 Å². The zero-order valence-corrected chi connectivity index (χ0v) is 24.4. The second kappa shape index (κ2) is 14.5. The summed E-state index contributed by atoms with van der Waals surface area (Å²) in [4.78, 5) is 28.4.